The highest BCUT2D eigenvalue weighted by Crippen LogP contribution is 2.03. The van der Waals surface area contributed by atoms with Gasteiger partial charge in [-0.15, -0.1) is 11.6 Å². The van der Waals surface area contributed by atoms with Crippen LogP contribution in [0.15, 0.2) is 0 Å². The Balaban J connectivity index is 3.26. The van der Waals surface area contributed by atoms with Gasteiger partial charge in [0, 0.05) is 0 Å². The van der Waals surface area contributed by atoms with Gasteiger partial charge in [-0.2, -0.15) is 0 Å². The summed E-state index contributed by atoms with van der Waals surface area (Å²) in [5.41, 5.74) is 0. The van der Waals surface area contributed by atoms with Crippen molar-refractivity contribution in [1.82, 2.24) is 0 Å². The van der Waals surface area contributed by atoms with Gasteiger partial charge in [-0.25, -0.2) is 0 Å². The topological polar surface area (TPSA) is 17.1 Å². The van der Waals surface area contributed by atoms with E-state index in [2.05, 4.69) is 15.9 Å². The van der Waals surface area contributed by atoms with Crippen LogP contribution in [0.4, 0.5) is 0 Å². The van der Waals surface area contributed by atoms with Gasteiger partial charge in [-0.1, -0.05) is 15.9 Å². The first-order chi connectivity index (χ1) is 2.64. The minimum absolute atomic E-state index is 0.0586. The third-order valence-corrected chi connectivity index (χ3v) is 1.26. The van der Waals surface area contributed by atoms with Crippen molar-refractivity contribution in [2.24, 2.45) is 0 Å². The van der Waals surface area contributed by atoms with Crippen molar-refractivity contribution in [3.8, 4) is 0 Å². The third kappa shape index (κ3) is 2.67. The maximum absolute atomic E-state index is 9.96. The highest BCUT2D eigenvalue weighted by atomic mass is 79.9. The fourth-order valence-corrected chi connectivity index (χ4v) is 0. The molecule has 0 aromatic carbocycles. The van der Waals surface area contributed by atoms with Crippen LogP contribution in [0.25, 0.3) is 0 Å². The van der Waals surface area contributed by atoms with Crippen LogP contribution in [0.1, 0.15) is 6.92 Å². The molecule has 0 aliphatic rings. The second kappa shape index (κ2) is 2.59. The number of carbonyl (C=O) groups is 1. The lowest BCUT2D eigenvalue weighted by Crippen LogP contribution is -1.98. The Hall–Kier alpha value is 0.440. The highest BCUT2D eigenvalue weighted by Gasteiger charge is 2.00. The Morgan fingerprint density at radius 1 is 2.00 bits per heavy atom. The Kier molecular flexibility index (Phi) is 2.78. The van der Waals surface area contributed by atoms with Crippen LogP contribution in [0, 0.1) is 0 Å². The van der Waals surface area contributed by atoms with Gasteiger partial charge in [-0.3, -0.25) is 4.79 Å². The van der Waals surface area contributed by atoms with Crippen molar-refractivity contribution in [1.29, 1.82) is 0 Å². The SMILES string of the molecule is CC(=O)C(Cl)Br. The molecule has 0 aromatic heterocycles. The van der Waals surface area contributed by atoms with Gasteiger partial charge >= 0.3 is 0 Å². The van der Waals surface area contributed by atoms with Gasteiger partial charge in [0.05, 0.1) is 0 Å². The summed E-state index contributed by atoms with van der Waals surface area (Å²) >= 11 is 8.03. The van der Waals surface area contributed by atoms with E-state index < -0.39 is 4.29 Å². The van der Waals surface area contributed by atoms with Gasteiger partial charge in [0.15, 0.2) is 5.78 Å². The summed E-state index contributed by atoms with van der Waals surface area (Å²) in [6, 6.07) is 0. The lowest BCUT2D eigenvalue weighted by Gasteiger charge is -1.85. The molecule has 0 radical (unpaired) electrons. The first-order valence-corrected chi connectivity index (χ1v) is 2.78. The molecule has 0 saturated carbocycles. The number of halogens is 2. The van der Waals surface area contributed by atoms with Gasteiger partial charge in [0.1, 0.15) is 4.29 Å². The van der Waals surface area contributed by atoms with E-state index in [-0.39, 0.29) is 5.78 Å². The number of Topliss-reactive ketones (excluding diaryl/α,β-unsaturated/α-hetero) is 1. The third-order valence-electron chi connectivity index (χ3n) is 0.307. The number of hydrogen-bond donors (Lipinski definition) is 0. The van der Waals surface area contributed by atoms with Crippen molar-refractivity contribution < 1.29 is 4.79 Å². The van der Waals surface area contributed by atoms with Crippen molar-refractivity contribution in [2.45, 2.75) is 11.2 Å². The molecule has 0 fully saturated rings. The molecule has 6 heavy (non-hydrogen) atoms. The molecule has 0 saturated heterocycles. The zero-order valence-corrected chi connectivity index (χ0v) is 5.58. The minimum atomic E-state index is -0.502. The van der Waals surface area contributed by atoms with Crippen LogP contribution >= 0.6 is 27.5 Å². The fourth-order valence-electron chi connectivity index (χ4n) is 0. The monoisotopic (exact) mass is 170 g/mol. The van der Waals surface area contributed by atoms with Crippen molar-refractivity contribution >= 4 is 33.3 Å². The molecule has 0 spiro atoms. The standard InChI is InChI=1S/C3H4BrClO/c1-2(6)3(4)5/h3H,1H3. The molecule has 0 aliphatic heterocycles. The second-order valence-electron chi connectivity index (χ2n) is 0.911. The zero-order valence-electron chi connectivity index (χ0n) is 3.24. The minimum Gasteiger partial charge on any atom is -0.297 e. The van der Waals surface area contributed by atoms with Crippen molar-refractivity contribution in [2.75, 3.05) is 0 Å². The van der Waals surface area contributed by atoms with Gasteiger partial charge < -0.3 is 0 Å². The van der Waals surface area contributed by atoms with Crippen LogP contribution in [-0.2, 0) is 4.79 Å². The van der Waals surface area contributed by atoms with Crippen LogP contribution < -0.4 is 0 Å². The Labute approximate surface area is 49.8 Å². The van der Waals surface area contributed by atoms with Gasteiger partial charge in [-0.05, 0) is 6.92 Å². The Bertz CT molecular complexity index is 61.8. The number of carbonyl (C=O) groups excluding carboxylic acids is 1. The van der Waals surface area contributed by atoms with E-state index in [9.17, 15) is 4.79 Å². The molecular weight excluding hydrogens is 167 g/mol. The van der Waals surface area contributed by atoms with Crippen LogP contribution in [0.2, 0.25) is 0 Å². The van der Waals surface area contributed by atoms with E-state index in [1.807, 2.05) is 0 Å². The summed E-state index contributed by atoms with van der Waals surface area (Å²) in [6.07, 6.45) is 0. The number of alkyl halides is 2. The zero-order chi connectivity index (χ0) is 5.15. The first-order valence-electron chi connectivity index (χ1n) is 1.43. The molecule has 3 heteroatoms. The van der Waals surface area contributed by atoms with E-state index in [1.54, 1.807) is 0 Å². The summed E-state index contributed by atoms with van der Waals surface area (Å²) < 4.78 is -0.502. The first kappa shape index (κ1) is 6.44. The number of rotatable bonds is 1. The summed E-state index contributed by atoms with van der Waals surface area (Å²) in [7, 11) is 0. The molecule has 1 nitrogen and oxygen atoms in total. The van der Waals surface area contributed by atoms with E-state index in [0.717, 1.165) is 0 Å². The molecule has 0 heterocycles. The second-order valence-corrected chi connectivity index (χ2v) is 2.79. The molecule has 1 unspecified atom stereocenters. The largest absolute Gasteiger partial charge is 0.297 e. The lowest BCUT2D eigenvalue weighted by molar-refractivity contribution is -0.115. The van der Waals surface area contributed by atoms with Crippen molar-refractivity contribution in [3.05, 3.63) is 0 Å². The molecule has 1 atom stereocenters. The Morgan fingerprint density at radius 3 is 2.17 bits per heavy atom. The van der Waals surface area contributed by atoms with E-state index in [1.165, 1.54) is 6.92 Å². The van der Waals surface area contributed by atoms with Crippen molar-refractivity contribution in [3.63, 3.8) is 0 Å². The van der Waals surface area contributed by atoms with Crippen LogP contribution in [-0.4, -0.2) is 10.1 Å². The summed E-state index contributed by atoms with van der Waals surface area (Å²) in [4.78, 5) is 9.96. The number of hydrogen-bond acceptors (Lipinski definition) is 1. The van der Waals surface area contributed by atoms with Gasteiger partial charge in [0.2, 0.25) is 0 Å². The normalized spacial score (nSPS) is 13.8. The molecular formula is C3H4BrClO. The molecule has 0 amide bonds. The average molecular weight is 171 g/mol. The van der Waals surface area contributed by atoms with E-state index >= 15 is 0 Å². The Morgan fingerprint density at radius 2 is 2.17 bits per heavy atom. The maximum Gasteiger partial charge on any atom is 0.158 e. The van der Waals surface area contributed by atoms with E-state index in [4.69, 9.17) is 11.6 Å². The highest BCUT2D eigenvalue weighted by molar-refractivity contribution is 9.10. The average Bonchev–Trinajstić information content (AvgIpc) is 1.36. The van der Waals surface area contributed by atoms with Crippen LogP contribution in [0.3, 0.4) is 0 Å². The summed E-state index contributed by atoms with van der Waals surface area (Å²) in [5.74, 6) is -0.0586. The number of ketones is 1. The molecule has 0 rings (SSSR count). The van der Waals surface area contributed by atoms with E-state index in [0.29, 0.717) is 0 Å². The molecule has 36 valence electrons. The molecule has 0 aliphatic carbocycles. The quantitative estimate of drug-likeness (QED) is 0.547. The van der Waals surface area contributed by atoms with Gasteiger partial charge in [0.25, 0.3) is 0 Å². The smallest absolute Gasteiger partial charge is 0.158 e. The fraction of sp³-hybridized carbons (Fsp3) is 0.667. The molecule has 0 bridgehead atoms. The predicted octanol–water partition coefficient (Wildman–Crippen LogP) is 1.54. The maximum atomic E-state index is 9.96. The predicted molar refractivity (Wildman–Crippen MR) is 29.2 cm³/mol. The lowest BCUT2D eigenvalue weighted by atomic mass is 10.5. The molecule has 0 N–H and O–H groups in total. The van der Waals surface area contributed by atoms with Crippen LogP contribution in [0.5, 0.6) is 0 Å². The summed E-state index contributed by atoms with van der Waals surface area (Å²) in [6.45, 7) is 1.42. The molecule has 0 aromatic rings. The summed E-state index contributed by atoms with van der Waals surface area (Å²) in [5, 5.41) is 0.